The quantitative estimate of drug-likeness (QED) is 0.858. The Bertz CT molecular complexity index is 342. The SMILES string of the molecule is CNC1CCN(c2cc(F)cc(Cl)c2)CC1. The van der Waals surface area contributed by atoms with Crippen molar-refractivity contribution in [2.24, 2.45) is 0 Å². The molecule has 0 radical (unpaired) electrons. The zero-order valence-electron chi connectivity index (χ0n) is 9.34. The zero-order valence-corrected chi connectivity index (χ0v) is 10.1. The number of benzene rings is 1. The molecule has 1 N–H and O–H groups in total. The first-order valence-electron chi connectivity index (χ1n) is 5.57. The minimum Gasteiger partial charge on any atom is -0.371 e. The predicted molar refractivity (Wildman–Crippen MR) is 65.7 cm³/mol. The molecule has 1 aromatic rings. The Balaban J connectivity index is 2.08. The summed E-state index contributed by atoms with van der Waals surface area (Å²) in [7, 11) is 1.99. The largest absolute Gasteiger partial charge is 0.371 e. The average molecular weight is 243 g/mol. The lowest BCUT2D eigenvalue weighted by molar-refractivity contribution is 0.442. The van der Waals surface area contributed by atoms with Crippen LogP contribution in [0.1, 0.15) is 12.8 Å². The molecule has 0 spiro atoms. The highest BCUT2D eigenvalue weighted by Crippen LogP contribution is 2.24. The summed E-state index contributed by atoms with van der Waals surface area (Å²) >= 11 is 5.85. The first-order chi connectivity index (χ1) is 7.69. The van der Waals surface area contributed by atoms with E-state index in [-0.39, 0.29) is 5.82 Å². The van der Waals surface area contributed by atoms with Crippen molar-refractivity contribution in [2.45, 2.75) is 18.9 Å². The van der Waals surface area contributed by atoms with Gasteiger partial charge in [0.05, 0.1) is 0 Å². The third-order valence-electron chi connectivity index (χ3n) is 3.12. The summed E-state index contributed by atoms with van der Waals surface area (Å²) in [5.41, 5.74) is 0.888. The van der Waals surface area contributed by atoms with Crippen LogP contribution < -0.4 is 10.2 Å². The van der Waals surface area contributed by atoms with Gasteiger partial charge in [-0.25, -0.2) is 4.39 Å². The second-order valence-corrected chi connectivity index (χ2v) is 4.61. The standard InChI is InChI=1S/C12H16ClFN2/c1-15-11-2-4-16(5-3-11)12-7-9(13)6-10(14)8-12/h6-8,11,15H,2-5H2,1H3. The molecule has 1 aliphatic heterocycles. The maximum absolute atomic E-state index is 13.2. The van der Waals surface area contributed by atoms with Crippen molar-refractivity contribution < 1.29 is 4.39 Å². The Kier molecular flexibility index (Phi) is 3.66. The summed E-state index contributed by atoms with van der Waals surface area (Å²) in [6, 6.07) is 5.29. The summed E-state index contributed by atoms with van der Waals surface area (Å²) in [4.78, 5) is 2.18. The Morgan fingerprint density at radius 2 is 2.00 bits per heavy atom. The van der Waals surface area contributed by atoms with Crippen LogP contribution in [0.25, 0.3) is 0 Å². The van der Waals surface area contributed by atoms with Gasteiger partial charge in [-0.3, -0.25) is 0 Å². The summed E-state index contributed by atoms with van der Waals surface area (Å²) in [6.07, 6.45) is 2.18. The van der Waals surface area contributed by atoms with Gasteiger partial charge in [-0.05, 0) is 38.1 Å². The van der Waals surface area contributed by atoms with E-state index in [1.807, 2.05) is 13.1 Å². The monoisotopic (exact) mass is 242 g/mol. The summed E-state index contributed by atoms with van der Waals surface area (Å²) in [5, 5.41) is 3.74. The van der Waals surface area contributed by atoms with Crippen LogP contribution in [0.15, 0.2) is 18.2 Å². The highest BCUT2D eigenvalue weighted by atomic mass is 35.5. The molecule has 0 aromatic heterocycles. The number of halogens is 2. The summed E-state index contributed by atoms with van der Waals surface area (Å²) in [6.45, 7) is 1.90. The molecule has 0 saturated carbocycles. The molecular weight excluding hydrogens is 227 g/mol. The lowest BCUT2D eigenvalue weighted by atomic mass is 10.0. The van der Waals surface area contributed by atoms with Crippen molar-refractivity contribution in [3.63, 3.8) is 0 Å². The lowest BCUT2D eigenvalue weighted by Crippen LogP contribution is -2.41. The molecule has 1 fully saturated rings. The van der Waals surface area contributed by atoms with Crippen LogP contribution in [-0.2, 0) is 0 Å². The lowest BCUT2D eigenvalue weighted by Gasteiger charge is -2.33. The molecule has 2 nitrogen and oxygen atoms in total. The van der Waals surface area contributed by atoms with E-state index in [0.29, 0.717) is 11.1 Å². The van der Waals surface area contributed by atoms with Gasteiger partial charge in [-0.1, -0.05) is 11.6 Å². The van der Waals surface area contributed by atoms with E-state index in [9.17, 15) is 4.39 Å². The minimum atomic E-state index is -0.266. The topological polar surface area (TPSA) is 15.3 Å². The average Bonchev–Trinajstić information content (AvgIpc) is 2.28. The van der Waals surface area contributed by atoms with Gasteiger partial charge in [-0.2, -0.15) is 0 Å². The van der Waals surface area contributed by atoms with E-state index in [4.69, 9.17) is 11.6 Å². The maximum atomic E-state index is 13.2. The Morgan fingerprint density at radius 1 is 1.31 bits per heavy atom. The molecule has 0 aliphatic carbocycles. The third-order valence-corrected chi connectivity index (χ3v) is 3.33. The first kappa shape index (κ1) is 11.7. The fourth-order valence-electron chi connectivity index (χ4n) is 2.15. The first-order valence-corrected chi connectivity index (χ1v) is 5.95. The van der Waals surface area contributed by atoms with Crippen LogP contribution in [0.4, 0.5) is 10.1 Å². The van der Waals surface area contributed by atoms with Crippen molar-refractivity contribution in [1.82, 2.24) is 5.32 Å². The van der Waals surface area contributed by atoms with E-state index in [1.165, 1.54) is 6.07 Å². The van der Waals surface area contributed by atoms with E-state index in [1.54, 1.807) is 6.07 Å². The molecular formula is C12H16ClFN2. The van der Waals surface area contributed by atoms with Gasteiger partial charge < -0.3 is 10.2 Å². The van der Waals surface area contributed by atoms with E-state index in [2.05, 4.69) is 10.2 Å². The number of hydrogen-bond donors (Lipinski definition) is 1. The molecule has 2 rings (SSSR count). The second kappa shape index (κ2) is 5.02. The van der Waals surface area contributed by atoms with Crippen LogP contribution in [0.5, 0.6) is 0 Å². The second-order valence-electron chi connectivity index (χ2n) is 4.18. The van der Waals surface area contributed by atoms with Gasteiger partial charge in [0.15, 0.2) is 0 Å². The minimum absolute atomic E-state index is 0.266. The third kappa shape index (κ3) is 2.66. The smallest absolute Gasteiger partial charge is 0.126 e. The van der Waals surface area contributed by atoms with Gasteiger partial charge in [-0.15, -0.1) is 0 Å². The molecule has 0 atom stereocenters. The van der Waals surface area contributed by atoms with Crippen molar-refractivity contribution in [2.75, 3.05) is 25.0 Å². The molecule has 1 aromatic carbocycles. The molecule has 1 heterocycles. The molecule has 88 valence electrons. The van der Waals surface area contributed by atoms with Crippen LogP contribution in [0.3, 0.4) is 0 Å². The highest BCUT2D eigenvalue weighted by molar-refractivity contribution is 6.30. The van der Waals surface area contributed by atoms with Crippen LogP contribution in [-0.4, -0.2) is 26.2 Å². The molecule has 16 heavy (non-hydrogen) atoms. The van der Waals surface area contributed by atoms with Crippen LogP contribution >= 0.6 is 11.6 Å². The molecule has 0 bridgehead atoms. The molecule has 0 unspecified atom stereocenters. The molecule has 1 aliphatic rings. The number of hydrogen-bond acceptors (Lipinski definition) is 2. The predicted octanol–water partition coefficient (Wildman–Crippen LogP) is 2.67. The fraction of sp³-hybridized carbons (Fsp3) is 0.500. The highest BCUT2D eigenvalue weighted by Gasteiger charge is 2.18. The number of piperidine rings is 1. The van der Waals surface area contributed by atoms with Crippen LogP contribution in [0, 0.1) is 5.82 Å². The summed E-state index contributed by atoms with van der Waals surface area (Å²) in [5.74, 6) is -0.266. The molecule has 4 heteroatoms. The number of nitrogens with one attached hydrogen (secondary N) is 1. The number of rotatable bonds is 2. The van der Waals surface area contributed by atoms with Gasteiger partial charge in [0.1, 0.15) is 5.82 Å². The maximum Gasteiger partial charge on any atom is 0.126 e. The zero-order chi connectivity index (χ0) is 11.5. The number of anilines is 1. The Labute approximate surface area is 100 Å². The van der Waals surface area contributed by atoms with E-state index >= 15 is 0 Å². The van der Waals surface area contributed by atoms with Crippen molar-refractivity contribution in [3.8, 4) is 0 Å². The summed E-state index contributed by atoms with van der Waals surface area (Å²) < 4.78 is 13.2. The van der Waals surface area contributed by atoms with E-state index < -0.39 is 0 Å². The van der Waals surface area contributed by atoms with Crippen molar-refractivity contribution in [1.29, 1.82) is 0 Å². The molecule has 1 saturated heterocycles. The van der Waals surface area contributed by atoms with Gasteiger partial charge in [0, 0.05) is 29.8 Å². The normalized spacial score (nSPS) is 17.8. The van der Waals surface area contributed by atoms with Crippen molar-refractivity contribution >= 4 is 17.3 Å². The van der Waals surface area contributed by atoms with Gasteiger partial charge in [0.25, 0.3) is 0 Å². The fourth-order valence-corrected chi connectivity index (χ4v) is 2.36. The van der Waals surface area contributed by atoms with Gasteiger partial charge >= 0.3 is 0 Å². The van der Waals surface area contributed by atoms with Crippen molar-refractivity contribution in [3.05, 3.63) is 29.0 Å². The van der Waals surface area contributed by atoms with E-state index in [0.717, 1.165) is 31.6 Å². The van der Waals surface area contributed by atoms with Crippen LogP contribution in [0.2, 0.25) is 5.02 Å². The Hall–Kier alpha value is -0.800. The van der Waals surface area contributed by atoms with Gasteiger partial charge in [0.2, 0.25) is 0 Å². The Morgan fingerprint density at radius 3 is 2.56 bits per heavy atom. The number of nitrogens with zero attached hydrogens (tertiary/aromatic N) is 1. The molecule has 0 amide bonds.